The summed E-state index contributed by atoms with van der Waals surface area (Å²) in [5.74, 6) is -2.32. The maximum absolute atomic E-state index is 12.9. The molecule has 0 aliphatic heterocycles. The number of carbonyl (C=O) groups is 3. The van der Waals surface area contributed by atoms with Gasteiger partial charge in [-0.05, 0) is 89.9 Å². The molecule has 0 aromatic heterocycles. The zero-order valence-corrected chi connectivity index (χ0v) is 49.8. The molecule has 0 fully saturated rings. The lowest BCUT2D eigenvalue weighted by atomic mass is 10.0. The molecule has 0 radical (unpaired) electrons. The molecule has 2 unspecified atom stereocenters. The Kier molecular flexibility index (Phi) is 54.6. The van der Waals surface area contributed by atoms with Gasteiger partial charge in [-0.2, -0.15) is 0 Å². The number of carbonyl (C=O) groups excluding carboxylic acids is 3. The smallest absolute Gasteiger partial charge is 0.306 e. The number of quaternary nitrogens is 1. The highest BCUT2D eigenvalue weighted by molar-refractivity contribution is 5.70. The van der Waals surface area contributed by atoms with Crippen molar-refractivity contribution >= 4 is 17.9 Å². The predicted molar refractivity (Wildman–Crippen MR) is 324 cm³/mol. The van der Waals surface area contributed by atoms with Crippen LogP contribution in [0, 0.1) is 0 Å². The summed E-state index contributed by atoms with van der Waals surface area (Å²) in [6.45, 7) is 4.60. The molecular weight excluding hydrogens is 959 g/mol. The molecule has 0 saturated carbocycles. The summed E-state index contributed by atoms with van der Waals surface area (Å²) in [4.78, 5) is 37.3. The van der Waals surface area contributed by atoms with Crippen LogP contribution in [0.3, 0.4) is 0 Å². The van der Waals surface area contributed by atoms with Crippen molar-refractivity contribution in [2.75, 3.05) is 47.5 Å². The first-order chi connectivity index (χ1) is 37.6. The van der Waals surface area contributed by atoms with E-state index >= 15 is 0 Å². The van der Waals surface area contributed by atoms with E-state index in [4.69, 9.17) is 18.9 Å². The van der Waals surface area contributed by atoms with Crippen LogP contribution in [0.5, 0.6) is 0 Å². The summed E-state index contributed by atoms with van der Waals surface area (Å²) in [5.41, 5.74) is 0. The van der Waals surface area contributed by atoms with Gasteiger partial charge in [0.15, 0.2) is 12.4 Å². The largest absolute Gasteiger partial charge is 0.545 e. The van der Waals surface area contributed by atoms with E-state index in [0.29, 0.717) is 17.4 Å². The van der Waals surface area contributed by atoms with Crippen LogP contribution in [0.25, 0.3) is 0 Å². The molecule has 9 nitrogen and oxygen atoms in total. The third kappa shape index (κ3) is 59.2. The van der Waals surface area contributed by atoms with Crippen molar-refractivity contribution in [2.24, 2.45) is 0 Å². The van der Waals surface area contributed by atoms with Crippen LogP contribution < -0.4 is 5.11 Å². The van der Waals surface area contributed by atoms with Crippen molar-refractivity contribution in [3.8, 4) is 0 Å². The Labute approximate surface area is 472 Å². The molecule has 0 bridgehead atoms. The first kappa shape index (κ1) is 72.7. The molecule has 0 aliphatic carbocycles. The number of ether oxygens (including phenoxy) is 4. The first-order valence-corrected chi connectivity index (χ1v) is 30.7. The lowest BCUT2D eigenvalue weighted by Gasteiger charge is -2.26. The van der Waals surface area contributed by atoms with Gasteiger partial charge in [0, 0.05) is 12.8 Å². The van der Waals surface area contributed by atoms with E-state index in [2.05, 4.69) is 135 Å². The SMILES string of the molecule is CC/C=C\C/C=C\C/C=C\C/C=C\C/C=C\C/C=C\C/C=C\C/C=C\C/C=C\C/C=C\CCCCCCC(=O)OC(COC(=O)CCCCCCCCCCCCCCCCCCC)COC(OCC[N+](C)(C)C)C(=O)[O-]. The molecule has 0 aliphatic rings. The Balaban J connectivity index is 4.29. The van der Waals surface area contributed by atoms with Crippen LogP contribution in [0.4, 0.5) is 0 Å². The number of allylic oxidation sites excluding steroid dienone is 20. The molecule has 0 saturated heterocycles. The Morgan fingerprint density at radius 2 is 0.740 bits per heavy atom. The molecule has 0 heterocycles. The van der Waals surface area contributed by atoms with Crippen molar-refractivity contribution in [2.45, 2.75) is 245 Å². The number of hydrogen-bond acceptors (Lipinski definition) is 8. The van der Waals surface area contributed by atoms with Crippen molar-refractivity contribution in [3.63, 3.8) is 0 Å². The van der Waals surface area contributed by atoms with Crippen LogP contribution >= 0.6 is 0 Å². The number of aliphatic carboxylic acids is 1. The second kappa shape index (κ2) is 57.9. The summed E-state index contributed by atoms with van der Waals surface area (Å²) in [6, 6.07) is 0. The van der Waals surface area contributed by atoms with Crippen LogP contribution in [-0.4, -0.2) is 82.3 Å². The van der Waals surface area contributed by atoms with E-state index in [1.54, 1.807) is 0 Å². The van der Waals surface area contributed by atoms with E-state index in [9.17, 15) is 19.5 Å². The van der Waals surface area contributed by atoms with E-state index in [1.807, 2.05) is 21.1 Å². The van der Waals surface area contributed by atoms with Gasteiger partial charge in [0.1, 0.15) is 13.2 Å². The first-order valence-electron chi connectivity index (χ1n) is 30.7. The highest BCUT2D eigenvalue weighted by atomic mass is 16.7. The standard InChI is InChI=1S/C68H113NO8/c1-6-8-10-12-14-16-18-20-22-24-25-26-27-28-29-30-31-32-33-34-35-36-37-38-39-40-41-43-45-47-49-51-53-55-57-59-66(71)77-64(63-76-68(67(72)73)74-61-60-69(3,4)5)62-75-65(70)58-56-54-52-50-48-46-44-42-23-21-19-17-15-13-11-9-7-2/h8,10,14,16,20,22,25-26,28-29,31-32,34-35,37-38,40-41,45,47,64,68H,6-7,9,11-13,15,17-19,21,23-24,27,30,33,36,39,42-44,46,48-63H2,1-5H3/b10-8-,16-14-,22-20-,26-25-,29-28-,32-31-,35-34-,38-37-,41-40-,47-45-. The summed E-state index contributed by atoms with van der Waals surface area (Å²) in [7, 11) is 5.91. The van der Waals surface area contributed by atoms with E-state index in [1.165, 1.54) is 89.9 Å². The molecule has 9 heteroatoms. The topological polar surface area (TPSA) is 111 Å². The average molecular weight is 1070 g/mol. The molecule has 0 aromatic rings. The molecule has 0 rings (SSSR count). The summed E-state index contributed by atoms with van der Waals surface area (Å²) >= 11 is 0. The third-order valence-electron chi connectivity index (χ3n) is 12.7. The summed E-state index contributed by atoms with van der Waals surface area (Å²) in [6.07, 6.45) is 78.2. The molecule has 0 amide bonds. The van der Waals surface area contributed by atoms with Gasteiger partial charge in [-0.25, -0.2) is 0 Å². The fourth-order valence-corrected chi connectivity index (χ4v) is 8.03. The lowest BCUT2D eigenvalue weighted by molar-refractivity contribution is -0.870. The van der Waals surface area contributed by atoms with Gasteiger partial charge in [0.2, 0.25) is 0 Å². The number of carboxylic acids is 1. The van der Waals surface area contributed by atoms with E-state index in [0.717, 1.165) is 109 Å². The minimum atomic E-state index is -1.63. The highest BCUT2D eigenvalue weighted by Gasteiger charge is 2.22. The quantitative estimate of drug-likeness (QED) is 0.0195. The van der Waals surface area contributed by atoms with Crippen molar-refractivity contribution < 1.29 is 42.9 Å². The van der Waals surface area contributed by atoms with Gasteiger partial charge >= 0.3 is 11.9 Å². The van der Waals surface area contributed by atoms with Crippen LogP contribution in [0.1, 0.15) is 232 Å². The van der Waals surface area contributed by atoms with Crippen molar-refractivity contribution in [1.29, 1.82) is 0 Å². The Bertz CT molecular complexity index is 1670. The molecule has 77 heavy (non-hydrogen) atoms. The minimum Gasteiger partial charge on any atom is -0.545 e. The predicted octanol–water partition coefficient (Wildman–Crippen LogP) is 17.1. The number of rotatable bonds is 55. The van der Waals surface area contributed by atoms with E-state index < -0.39 is 24.3 Å². The van der Waals surface area contributed by atoms with Gasteiger partial charge in [0.25, 0.3) is 0 Å². The maximum atomic E-state index is 12.9. The fraction of sp³-hybridized carbons (Fsp3) is 0.662. The van der Waals surface area contributed by atoms with Gasteiger partial charge in [0.05, 0.1) is 40.3 Å². The normalized spacial score (nSPS) is 13.6. The molecule has 438 valence electrons. The average Bonchev–Trinajstić information content (AvgIpc) is 3.40. The van der Waals surface area contributed by atoms with Crippen LogP contribution in [0.15, 0.2) is 122 Å². The number of unbranched alkanes of at least 4 members (excludes halogenated alkanes) is 20. The zero-order valence-electron chi connectivity index (χ0n) is 49.8. The fourth-order valence-electron chi connectivity index (χ4n) is 8.03. The maximum Gasteiger partial charge on any atom is 0.306 e. The minimum absolute atomic E-state index is 0.137. The van der Waals surface area contributed by atoms with Gasteiger partial charge < -0.3 is 33.3 Å². The number of hydrogen-bond donors (Lipinski definition) is 0. The van der Waals surface area contributed by atoms with Crippen LogP contribution in [-0.2, 0) is 33.3 Å². The molecule has 0 spiro atoms. The van der Waals surface area contributed by atoms with Gasteiger partial charge in [-0.3, -0.25) is 9.59 Å². The Morgan fingerprint density at radius 1 is 0.403 bits per heavy atom. The van der Waals surface area contributed by atoms with E-state index in [-0.39, 0.29) is 38.6 Å². The van der Waals surface area contributed by atoms with Gasteiger partial charge in [-0.15, -0.1) is 0 Å². The third-order valence-corrected chi connectivity index (χ3v) is 12.7. The number of likely N-dealkylation sites (N-methyl/N-ethyl adjacent to an activating group) is 1. The summed E-state index contributed by atoms with van der Waals surface area (Å²) < 4.78 is 22.7. The second-order valence-corrected chi connectivity index (χ2v) is 21.3. The van der Waals surface area contributed by atoms with Gasteiger partial charge in [-0.1, -0.05) is 251 Å². The number of nitrogens with zero attached hydrogens (tertiary/aromatic N) is 1. The number of esters is 2. The summed E-state index contributed by atoms with van der Waals surface area (Å²) in [5, 5.41) is 11.8. The lowest BCUT2D eigenvalue weighted by Crippen LogP contribution is -2.44. The Morgan fingerprint density at radius 3 is 1.10 bits per heavy atom. The monoisotopic (exact) mass is 1070 g/mol. The highest BCUT2D eigenvalue weighted by Crippen LogP contribution is 2.15. The molecule has 2 atom stereocenters. The van der Waals surface area contributed by atoms with Crippen molar-refractivity contribution in [1.82, 2.24) is 0 Å². The molecule has 0 aromatic carbocycles. The second-order valence-electron chi connectivity index (χ2n) is 21.3. The zero-order chi connectivity index (χ0) is 56.2. The molecule has 0 N–H and O–H groups in total. The van der Waals surface area contributed by atoms with Crippen molar-refractivity contribution in [3.05, 3.63) is 122 Å². The number of carboxylic acid groups (broad SMARTS) is 1. The molecular formula is C68H113NO8. The Hall–Kier alpha value is -4.31. The van der Waals surface area contributed by atoms with Crippen LogP contribution in [0.2, 0.25) is 0 Å².